The van der Waals surface area contributed by atoms with Gasteiger partial charge in [0.1, 0.15) is 17.9 Å². The van der Waals surface area contributed by atoms with Gasteiger partial charge in [-0.05, 0) is 19.1 Å². The second-order valence-corrected chi connectivity index (χ2v) is 3.63. The Morgan fingerprint density at radius 1 is 1.53 bits per heavy atom. The van der Waals surface area contributed by atoms with Gasteiger partial charge in [0.25, 0.3) is 0 Å². The molecule has 0 aliphatic rings. The van der Waals surface area contributed by atoms with Crippen molar-refractivity contribution in [3.8, 4) is 0 Å². The first kappa shape index (κ1) is 11.4. The molecule has 2 heterocycles. The quantitative estimate of drug-likeness (QED) is 0.755. The molecule has 0 aromatic carbocycles. The molecule has 0 unspecified atom stereocenters. The summed E-state index contributed by atoms with van der Waals surface area (Å²) in [7, 11) is 1.80. The van der Waals surface area contributed by atoms with Crippen molar-refractivity contribution in [2.45, 2.75) is 6.92 Å². The Balaban J connectivity index is 2.21. The van der Waals surface area contributed by atoms with Crippen molar-refractivity contribution in [1.29, 1.82) is 0 Å². The van der Waals surface area contributed by atoms with Gasteiger partial charge in [-0.1, -0.05) is 0 Å². The predicted octanol–water partition coefficient (Wildman–Crippen LogP) is 1.83. The highest BCUT2D eigenvalue weighted by Crippen LogP contribution is 2.24. The Hall–Kier alpha value is -2.04. The summed E-state index contributed by atoms with van der Waals surface area (Å²) in [6.07, 6.45) is 3.26. The van der Waals surface area contributed by atoms with E-state index in [2.05, 4.69) is 4.98 Å². The van der Waals surface area contributed by atoms with Gasteiger partial charge in [-0.25, -0.2) is 4.98 Å². The number of anilines is 1. The highest BCUT2D eigenvalue weighted by molar-refractivity contribution is 5.89. The number of carbonyl (C=O) groups excluding carboxylic acids is 1. The van der Waals surface area contributed by atoms with Crippen LogP contribution in [-0.4, -0.2) is 31.2 Å². The van der Waals surface area contributed by atoms with Gasteiger partial charge in [-0.15, -0.1) is 0 Å². The number of nitrogens with zero attached hydrogens (tertiary/aromatic N) is 2. The lowest BCUT2D eigenvalue weighted by atomic mass is 10.3. The molecule has 0 amide bonds. The maximum absolute atomic E-state index is 11.4. The summed E-state index contributed by atoms with van der Waals surface area (Å²) in [4.78, 5) is 17.4. The number of hydrogen-bond acceptors (Lipinski definition) is 5. The lowest BCUT2D eigenvalue weighted by Crippen LogP contribution is -2.27. The van der Waals surface area contributed by atoms with Crippen LogP contribution < -0.4 is 4.90 Å². The van der Waals surface area contributed by atoms with Crippen LogP contribution in [0.1, 0.15) is 6.92 Å². The van der Waals surface area contributed by atoms with E-state index in [1.807, 2.05) is 6.07 Å². The largest absolute Gasteiger partial charge is 0.465 e. The zero-order valence-corrected chi connectivity index (χ0v) is 9.84. The molecule has 0 saturated heterocycles. The van der Waals surface area contributed by atoms with Crippen LogP contribution in [-0.2, 0) is 9.53 Å². The summed E-state index contributed by atoms with van der Waals surface area (Å²) in [6.45, 7) is 2.34. The van der Waals surface area contributed by atoms with Crippen molar-refractivity contribution >= 4 is 22.8 Å². The molecule has 0 fully saturated rings. The van der Waals surface area contributed by atoms with Crippen LogP contribution in [0.15, 0.2) is 29.0 Å². The number of ether oxygens (including phenoxy) is 1. The third-order valence-electron chi connectivity index (χ3n) is 2.39. The monoisotopic (exact) mass is 234 g/mol. The molecule has 0 spiro atoms. The van der Waals surface area contributed by atoms with Gasteiger partial charge >= 0.3 is 5.97 Å². The van der Waals surface area contributed by atoms with E-state index in [9.17, 15) is 4.79 Å². The van der Waals surface area contributed by atoms with Gasteiger partial charge in [0.2, 0.25) is 0 Å². The molecule has 0 radical (unpaired) electrons. The van der Waals surface area contributed by atoms with Crippen LogP contribution in [0, 0.1) is 0 Å². The molecule has 2 aromatic rings. The van der Waals surface area contributed by atoms with E-state index in [1.54, 1.807) is 37.4 Å². The van der Waals surface area contributed by atoms with Crippen molar-refractivity contribution in [1.82, 2.24) is 4.98 Å². The molecule has 5 heteroatoms. The number of fused-ring (bicyclic) bond motifs is 1. The van der Waals surface area contributed by atoms with Gasteiger partial charge in [0.15, 0.2) is 0 Å². The standard InChI is InChI=1S/C12H14N2O3/c1-3-16-11(15)8-14(2)12-9-5-7-17-10(9)4-6-13-12/h4-7H,3,8H2,1-2H3. The maximum atomic E-state index is 11.4. The molecule has 2 aromatic heterocycles. The minimum absolute atomic E-state index is 0.172. The van der Waals surface area contributed by atoms with E-state index < -0.39 is 0 Å². The average molecular weight is 234 g/mol. The number of esters is 1. The van der Waals surface area contributed by atoms with Gasteiger partial charge in [0, 0.05) is 13.2 Å². The molecule has 0 N–H and O–H groups in total. The van der Waals surface area contributed by atoms with Crippen LogP contribution in [0.2, 0.25) is 0 Å². The SMILES string of the molecule is CCOC(=O)CN(C)c1nccc2occc12. The van der Waals surface area contributed by atoms with Crippen LogP contribution in [0.4, 0.5) is 5.82 Å². The van der Waals surface area contributed by atoms with Crippen LogP contribution in [0.25, 0.3) is 11.0 Å². The van der Waals surface area contributed by atoms with Crippen molar-refractivity contribution in [3.05, 3.63) is 24.6 Å². The van der Waals surface area contributed by atoms with Gasteiger partial charge in [-0.2, -0.15) is 0 Å². The summed E-state index contributed by atoms with van der Waals surface area (Å²) >= 11 is 0. The molecule has 2 rings (SSSR count). The molecule has 0 aliphatic heterocycles. The Morgan fingerprint density at radius 3 is 3.12 bits per heavy atom. The van der Waals surface area contributed by atoms with E-state index in [0.717, 1.165) is 11.0 Å². The molecule has 0 aliphatic carbocycles. The normalized spacial score (nSPS) is 10.5. The first-order valence-corrected chi connectivity index (χ1v) is 5.41. The summed E-state index contributed by atoms with van der Waals surface area (Å²) in [5, 5.41) is 0.888. The molecule has 0 bridgehead atoms. The van der Waals surface area contributed by atoms with E-state index in [1.165, 1.54) is 0 Å². The summed E-state index contributed by atoms with van der Waals surface area (Å²) < 4.78 is 10.2. The predicted molar refractivity (Wildman–Crippen MR) is 63.9 cm³/mol. The van der Waals surface area contributed by atoms with Crippen LogP contribution >= 0.6 is 0 Å². The van der Waals surface area contributed by atoms with E-state index >= 15 is 0 Å². The van der Waals surface area contributed by atoms with Crippen molar-refractivity contribution in [3.63, 3.8) is 0 Å². The van der Waals surface area contributed by atoms with E-state index in [0.29, 0.717) is 12.4 Å². The number of hydrogen-bond donors (Lipinski definition) is 0. The van der Waals surface area contributed by atoms with Crippen LogP contribution in [0.5, 0.6) is 0 Å². The van der Waals surface area contributed by atoms with Gasteiger partial charge < -0.3 is 14.1 Å². The molecule has 17 heavy (non-hydrogen) atoms. The van der Waals surface area contributed by atoms with Crippen molar-refractivity contribution in [2.75, 3.05) is 25.1 Å². The fraction of sp³-hybridized carbons (Fsp3) is 0.333. The van der Waals surface area contributed by atoms with Crippen LogP contribution in [0.3, 0.4) is 0 Å². The lowest BCUT2D eigenvalue weighted by Gasteiger charge is -2.17. The first-order valence-electron chi connectivity index (χ1n) is 5.41. The third-order valence-corrected chi connectivity index (χ3v) is 2.39. The number of furan rings is 1. The number of rotatable bonds is 4. The average Bonchev–Trinajstić information content (AvgIpc) is 2.76. The number of aromatic nitrogens is 1. The fourth-order valence-corrected chi connectivity index (χ4v) is 1.66. The minimum atomic E-state index is -0.266. The first-order chi connectivity index (χ1) is 8.22. The van der Waals surface area contributed by atoms with Gasteiger partial charge in [0.05, 0.1) is 18.3 Å². The van der Waals surface area contributed by atoms with Crippen molar-refractivity contribution < 1.29 is 13.9 Å². The summed E-state index contributed by atoms with van der Waals surface area (Å²) in [5.41, 5.74) is 0.755. The molecule has 5 nitrogen and oxygen atoms in total. The molecular weight excluding hydrogens is 220 g/mol. The summed E-state index contributed by atoms with van der Waals surface area (Å²) in [6, 6.07) is 3.62. The minimum Gasteiger partial charge on any atom is -0.465 e. The topological polar surface area (TPSA) is 55.6 Å². The van der Waals surface area contributed by atoms with Crippen molar-refractivity contribution in [2.24, 2.45) is 0 Å². The Labute approximate surface area is 99.0 Å². The zero-order valence-electron chi connectivity index (χ0n) is 9.84. The number of pyridine rings is 1. The molecule has 90 valence electrons. The second kappa shape index (κ2) is 4.86. The Bertz CT molecular complexity index is 521. The Morgan fingerprint density at radius 2 is 2.35 bits per heavy atom. The van der Waals surface area contributed by atoms with Gasteiger partial charge in [-0.3, -0.25) is 4.79 Å². The highest BCUT2D eigenvalue weighted by atomic mass is 16.5. The molecule has 0 atom stereocenters. The number of carbonyl (C=O) groups is 1. The maximum Gasteiger partial charge on any atom is 0.325 e. The zero-order chi connectivity index (χ0) is 12.3. The smallest absolute Gasteiger partial charge is 0.325 e. The fourth-order valence-electron chi connectivity index (χ4n) is 1.66. The molecule has 0 saturated carbocycles. The van der Waals surface area contributed by atoms with E-state index in [4.69, 9.17) is 9.15 Å². The van der Waals surface area contributed by atoms with E-state index in [-0.39, 0.29) is 12.5 Å². The Kier molecular flexibility index (Phi) is 3.27. The summed E-state index contributed by atoms with van der Waals surface area (Å²) in [5.74, 6) is 0.446. The number of likely N-dealkylation sites (N-methyl/N-ethyl adjacent to an activating group) is 1. The lowest BCUT2D eigenvalue weighted by molar-refractivity contribution is -0.141. The second-order valence-electron chi connectivity index (χ2n) is 3.63. The molecular formula is C12H14N2O3. The third kappa shape index (κ3) is 2.38. The highest BCUT2D eigenvalue weighted by Gasteiger charge is 2.13.